The van der Waals surface area contributed by atoms with Gasteiger partial charge in [0, 0.05) is 42.6 Å². The molecule has 6 heteroatoms. The monoisotopic (exact) mass is 461 g/mol. The highest BCUT2D eigenvalue weighted by molar-refractivity contribution is 5.32. The first kappa shape index (κ1) is 26.7. The second-order valence-electron chi connectivity index (χ2n) is 9.50. The number of aryl methyl sites for hydroxylation is 1. The maximum Gasteiger partial charge on any atom is 0.399 e. The Hall–Kier alpha value is -2.50. The Balaban J connectivity index is 2.11. The third-order valence-corrected chi connectivity index (χ3v) is 6.85. The van der Waals surface area contributed by atoms with Gasteiger partial charge in [0.25, 0.3) is 0 Å². The van der Waals surface area contributed by atoms with Crippen LogP contribution in [0, 0.1) is 5.92 Å². The van der Waals surface area contributed by atoms with E-state index in [1.807, 2.05) is 18.2 Å². The first-order valence-corrected chi connectivity index (χ1v) is 11.5. The van der Waals surface area contributed by atoms with Crippen LogP contribution < -0.4 is 5.32 Å². The molecule has 0 aromatic carbocycles. The smallest absolute Gasteiger partial charge is 0.382 e. The van der Waals surface area contributed by atoms with Crippen LogP contribution in [0.15, 0.2) is 61.0 Å². The van der Waals surface area contributed by atoms with Crippen molar-refractivity contribution in [2.24, 2.45) is 5.92 Å². The van der Waals surface area contributed by atoms with Gasteiger partial charge in [-0.25, -0.2) is 0 Å². The molecule has 0 saturated heterocycles. The fraction of sp³-hybridized carbons (Fsp3) is 0.519. The van der Waals surface area contributed by atoms with E-state index in [0.717, 1.165) is 54.0 Å². The maximum absolute atomic E-state index is 13.4. The fourth-order valence-corrected chi connectivity index (χ4v) is 4.19. The highest BCUT2D eigenvalue weighted by atomic mass is 19.4. The highest BCUT2D eigenvalue weighted by Gasteiger charge is 2.49. The average molecular weight is 462 g/mol. The second-order valence-corrected chi connectivity index (χ2v) is 9.50. The molecule has 1 aromatic heterocycles. The van der Waals surface area contributed by atoms with E-state index in [2.05, 4.69) is 55.8 Å². The van der Waals surface area contributed by atoms with Crippen LogP contribution in [-0.4, -0.2) is 35.7 Å². The van der Waals surface area contributed by atoms with Gasteiger partial charge in [-0.3, -0.25) is 4.98 Å². The zero-order valence-electron chi connectivity index (χ0n) is 20.6. The molecule has 2 atom stereocenters. The molecular formula is C27H38F3N3. The van der Waals surface area contributed by atoms with E-state index < -0.39 is 11.6 Å². The van der Waals surface area contributed by atoms with Crippen LogP contribution >= 0.6 is 0 Å². The zero-order valence-corrected chi connectivity index (χ0v) is 20.6. The van der Waals surface area contributed by atoms with E-state index in [-0.39, 0.29) is 17.7 Å². The van der Waals surface area contributed by atoms with Crippen molar-refractivity contribution < 1.29 is 13.2 Å². The molecule has 3 nitrogen and oxygen atoms in total. The topological polar surface area (TPSA) is 28.2 Å². The normalized spacial score (nSPS) is 18.0. The number of rotatable bonds is 10. The third-order valence-electron chi connectivity index (χ3n) is 6.85. The SMILES string of the molecule is C=CCCN(C)/C(C)=C(\C=C)C(C)NC(=C)C1CCc2nc(C(C)(C)C(F)(F)F)ccc2C1. The van der Waals surface area contributed by atoms with Crippen LogP contribution in [-0.2, 0) is 18.3 Å². The van der Waals surface area contributed by atoms with Crippen LogP contribution in [0.2, 0.25) is 0 Å². The molecule has 0 bridgehead atoms. The van der Waals surface area contributed by atoms with Gasteiger partial charge in [-0.05, 0) is 70.6 Å². The minimum atomic E-state index is -4.34. The summed E-state index contributed by atoms with van der Waals surface area (Å²) in [5.74, 6) is 0.202. The molecule has 2 rings (SSSR count). The van der Waals surface area contributed by atoms with Gasteiger partial charge in [-0.1, -0.05) is 31.4 Å². The van der Waals surface area contributed by atoms with Gasteiger partial charge in [0.1, 0.15) is 5.41 Å². The summed E-state index contributed by atoms with van der Waals surface area (Å²) in [6.07, 6.45) is 2.53. The lowest BCUT2D eigenvalue weighted by molar-refractivity contribution is -0.181. The summed E-state index contributed by atoms with van der Waals surface area (Å²) in [5, 5.41) is 3.54. The maximum atomic E-state index is 13.4. The average Bonchev–Trinajstić information content (AvgIpc) is 2.76. The summed E-state index contributed by atoms with van der Waals surface area (Å²) in [4.78, 5) is 6.61. The summed E-state index contributed by atoms with van der Waals surface area (Å²) in [7, 11) is 2.06. The molecule has 182 valence electrons. The number of halogens is 3. The van der Waals surface area contributed by atoms with E-state index in [1.165, 1.54) is 19.9 Å². The van der Waals surface area contributed by atoms with Crippen LogP contribution in [0.3, 0.4) is 0 Å². The van der Waals surface area contributed by atoms with Gasteiger partial charge in [0.15, 0.2) is 0 Å². The molecule has 2 unspecified atom stereocenters. The van der Waals surface area contributed by atoms with Gasteiger partial charge >= 0.3 is 6.18 Å². The number of aromatic nitrogens is 1. The summed E-state index contributed by atoms with van der Waals surface area (Å²) in [5.41, 5.74) is 3.08. The van der Waals surface area contributed by atoms with Gasteiger partial charge in [0.2, 0.25) is 0 Å². The number of nitrogens with one attached hydrogen (secondary N) is 1. The minimum absolute atomic E-state index is 0.0377. The zero-order chi connectivity index (χ0) is 25.0. The molecule has 1 N–H and O–H groups in total. The molecule has 1 aromatic rings. The van der Waals surface area contributed by atoms with Gasteiger partial charge in [0.05, 0.1) is 5.69 Å². The molecule has 0 fully saturated rings. The molecule has 0 amide bonds. The molecule has 33 heavy (non-hydrogen) atoms. The number of hydrogen-bond donors (Lipinski definition) is 1. The second kappa shape index (κ2) is 10.6. The first-order chi connectivity index (χ1) is 15.3. The molecular weight excluding hydrogens is 423 g/mol. The third kappa shape index (κ3) is 6.10. The number of allylic oxidation sites excluding steroid dienone is 2. The predicted octanol–water partition coefficient (Wildman–Crippen LogP) is 6.49. The van der Waals surface area contributed by atoms with Crippen molar-refractivity contribution in [2.75, 3.05) is 13.6 Å². The minimum Gasteiger partial charge on any atom is -0.382 e. The van der Waals surface area contributed by atoms with Crippen molar-refractivity contribution >= 4 is 0 Å². The molecule has 0 aliphatic heterocycles. The van der Waals surface area contributed by atoms with Crippen LogP contribution in [0.4, 0.5) is 13.2 Å². The van der Waals surface area contributed by atoms with Gasteiger partial charge in [-0.2, -0.15) is 13.2 Å². The Kier molecular flexibility index (Phi) is 8.61. The molecule has 0 saturated carbocycles. The first-order valence-electron chi connectivity index (χ1n) is 11.5. The molecule has 1 heterocycles. The van der Waals surface area contributed by atoms with Crippen molar-refractivity contribution in [1.29, 1.82) is 0 Å². The summed E-state index contributed by atoms with van der Waals surface area (Å²) in [6, 6.07) is 3.37. The van der Waals surface area contributed by atoms with Crippen molar-refractivity contribution in [2.45, 2.75) is 71.0 Å². The number of pyridine rings is 1. The highest BCUT2D eigenvalue weighted by Crippen LogP contribution is 2.40. The van der Waals surface area contributed by atoms with Crippen molar-refractivity contribution in [3.05, 3.63) is 77.9 Å². The van der Waals surface area contributed by atoms with E-state index in [4.69, 9.17) is 0 Å². The van der Waals surface area contributed by atoms with E-state index in [0.29, 0.717) is 6.42 Å². The van der Waals surface area contributed by atoms with Crippen molar-refractivity contribution in [1.82, 2.24) is 15.2 Å². The Labute approximate surface area is 197 Å². The summed E-state index contributed by atoms with van der Waals surface area (Å²) >= 11 is 0. The summed E-state index contributed by atoms with van der Waals surface area (Å²) in [6.45, 7) is 19.5. The summed E-state index contributed by atoms with van der Waals surface area (Å²) < 4.78 is 40.3. The van der Waals surface area contributed by atoms with Gasteiger partial charge in [-0.15, -0.1) is 6.58 Å². The van der Waals surface area contributed by atoms with Crippen molar-refractivity contribution in [3.8, 4) is 0 Å². The van der Waals surface area contributed by atoms with E-state index in [1.54, 1.807) is 0 Å². The Morgan fingerprint density at radius 1 is 1.30 bits per heavy atom. The van der Waals surface area contributed by atoms with E-state index >= 15 is 0 Å². The number of hydrogen-bond acceptors (Lipinski definition) is 3. The van der Waals surface area contributed by atoms with Crippen LogP contribution in [0.25, 0.3) is 0 Å². The lowest BCUT2D eigenvalue weighted by Gasteiger charge is -2.32. The molecule has 1 aliphatic rings. The van der Waals surface area contributed by atoms with E-state index in [9.17, 15) is 13.2 Å². The van der Waals surface area contributed by atoms with Gasteiger partial charge < -0.3 is 10.2 Å². The molecule has 1 aliphatic carbocycles. The quantitative estimate of drug-likeness (QED) is 0.319. The molecule has 0 spiro atoms. The van der Waals surface area contributed by atoms with Crippen molar-refractivity contribution in [3.63, 3.8) is 0 Å². The standard InChI is InChI=1S/C27H38F3N3/c1-9-11-16-33(8)20(5)23(10-2)19(4)31-18(3)21-12-14-24-22(17-21)13-15-25(32-24)26(6,7)27(28,29)30/h9-10,13,15,19,21,31H,1-3,11-12,14,16-17H2,4-8H3/b23-20+. The molecule has 0 radical (unpaired) electrons. The fourth-order valence-electron chi connectivity index (χ4n) is 4.19. The Morgan fingerprint density at radius 2 is 1.97 bits per heavy atom. The Bertz CT molecular complexity index is 912. The van der Waals surface area contributed by atoms with Crippen LogP contribution in [0.1, 0.15) is 57.5 Å². The lowest BCUT2D eigenvalue weighted by atomic mass is 9.82. The largest absolute Gasteiger partial charge is 0.399 e. The number of alkyl halides is 3. The predicted molar refractivity (Wildman–Crippen MR) is 131 cm³/mol. The number of fused-ring (bicyclic) bond motifs is 1. The Morgan fingerprint density at radius 3 is 2.55 bits per heavy atom. The van der Waals surface area contributed by atoms with Crippen LogP contribution in [0.5, 0.6) is 0 Å². The number of nitrogens with zero attached hydrogens (tertiary/aromatic N) is 2. The lowest BCUT2D eigenvalue weighted by Crippen LogP contribution is -2.38.